The van der Waals surface area contributed by atoms with Crippen LogP contribution in [0, 0.1) is 13.8 Å². The number of benzene rings is 1. The summed E-state index contributed by atoms with van der Waals surface area (Å²) in [6.45, 7) is 11.5. The van der Waals surface area contributed by atoms with Crippen LogP contribution >= 0.6 is 0 Å². The Morgan fingerprint density at radius 3 is 2.46 bits per heavy atom. The lowest BCUT2D eigenvalue weighted by Crippen LogP contribution is -2.50. The molecule has 2 aromatic heterocycles. The van der Waals surface area contributed by atoms with E-state index in [2.05, 4.69) is 25.2 Å². The first-order valence-electron chi connectivity index (χ1n) is 12.2. The topological polar surface area (TPSA) is 130 Å². The Morgan fingerprint density at radius 2 is 1.81 bits per heavy atom. The molecule has 11 heteroatoms. The Bertz CT molecular complexity index is 1360. The molecule has 3 N–H and O–H groups in total. The van der Waals surface area contributed by atoms with Crippen molar-refractivity contribution in [3.63, 3.8) is 0 Å². The average Bonchev–Trinajstić information content (AvgIpc) is 3.20. The minimum atomic E-state index is -0.540. The highest BCUT2D eigenvalue weighted by atomic mass is 16.6. The number of rotatable bonds is 4. The summed E-state index contributed by atoms with van der Waals surface area (Å²) in [5.74, 6) is 0.0347. The van der Waals surface area contributed by atoms with Crippen LogP contribution in [0.15, 0.2) is 29.5 Å². The first-order chi connectivity index (χ1) is 17.5. The molecule has 3 heterocycles. The second kappa shape index (κ2) is 10.1. The Hall–Kier alpha value is -4.15. The van der Waals surface area contributed by atoms with Crippen LogP contribution in [0.1, 0.15) is 48.1 Å². The van der Waals surface area contributed by atoms with E-state index in [4.69, 9.17) is 10.5 Å². The maximum Gasteiger partial charge on any atom is 0.410 e. The molecule has 0 bridgehead atoms. The highest BCUT2D eigenvalue weighted by Gasteiger charge is 2.27. The summed E-state index contributed by atoms with van der Waals surface area (Å²) in [6, 6.07) is 3.58. The van der Waals surface area contributed by atoms with E-state index in [0.717, 1.165) is 17.0 Å². The van der Waals surface area contributed by atoms with Crippen LogP contribution in [-0.4, -0.2) is 76.3 Å². The largest absolute Gasteiger partial charge is 0.444 e. The van der Waals surface area contributed by atoms with Gasteiger partial charge in [-0.1, -0.05) is 0 Å². The number of aromatic nitrogens is 3. The van der Waals surface area contributed by atoms with Crippen LogP contribution in [0.3, 0.4) is 0 Å². The van der Waals surface area contributed by atoms with Crippen LogP contribution in [0.5, 0.6) is 0 Å². The molecule has 0 saturated carbocycles. The van der Waals surface area contributed by atoms with Crippen molar-refractivity contribution in [2.75, 3.05) is 49.2 Å². The van der Waals surface area contributed by atoms with Crippen molar-refractivity contribution in [3.8, 4) is 0 Å². The van der Waals surface area contributed by atoms with Gasteiger partial charge in [0.05, 0.1) is 28.8 Å². The van der Waals surface area contributed by atoms with Crippen LogP contribution in [0.2, 0.25) is 0 Å². The van der Waals surface area contributed by atoms with Crippen molar-refractivity contribution in [2.45, 2.75) is 40.2 Å². The third kappa shape index (κ3) is 5.65. The number of hydrogen-bond donors (Lipinski definition) is 2. The Balaban J connectivity index is 1.53. The zero-order valence-corrected chi connectivity index (χ0v) is 22.2. The van der Waals surface area contributed by atoms with Gasteiger partial charge in [0.1, 0.15) is 11.4 Å². The second-order valence-electron chi connectivity index (χ2n) is 10.1. The highest BCUT2D eigenvalue weighted by molar-refractivity contribution is 6.11. The molecule has 0 unspecified atom stereocenters. The number of piperazine rings is 1. The van der Waals surface area contributed by atoms with Crippen molar-refractivity contribution in [3.05, 3.63) is 47.0 Å². The summed E-state index contributed by atoms with van der Waals surface area (Å²) in [5.41, 5.74) is 10.4. The fourth-order valence-corrected chi connectivity index (χ4v) is 4.34. The van der Waals surface area contributed by atoms with E-state index >= 15 is 0 Å². The number of nitrogens with zero attached hydrogens (tertiary/aromatic N) is 6. The fourth-order valence-electron chi connectivity index (χ4n) is 4.34. The lowest BCUT2D eigenvalue weighted by Gasteiger charge is -2.37. The van der Waals surface area contributed by atoms with E-state index in [0.29, 0.717) is 54.5 Å². The Labute approximate surface area is 216 Å². The maximum absolute atomic E-state index is 13.2. The van der Waals surface area contributed by atoms with E-state index in [1.54, 1.807) is 30.4 Å². The summed E-state index contributed by atoms with van der Waals surface area (Å²) in [5, 5.41) is 2.85. The van der Waals surface area contributed by atoms with Gasteiger partial charge in [0.25, 0.3) is 5.91 Å². The molecular weight excluding hydrogens is 472 g/mol. The number of hydrogen-bond acceptors (Lipinski definition) is 8. The van der Waals surface area contributed by atoms with Crippen molar-refractivity contribution < 1.29 is 14.3 Å². The summed E-state index contributed by atoms with van der Waals surface area (Å²) in [7, 11) is 1.66. The van der Waals surface area contributed by atoms with Gasteiger partial charge in [-0.2, -0.15) is 0 Å². The fraction of sp³-hybridized carbons (Fsp3) is 0.423. The number of nitrogens with one attached hydrogen (secondary N) is 1. The molecule has 1 aliphatic heterocycles. The van der Waals surface area contributed by atoms with Crippen LogP contribution in [0.25, 0.3) is 5.65 Å². The monoisotopic (exact) mass is 506 g/mol. The van der Waals surface area contributed by atoms with Gasteiger partial charge < -0.3 is 30.0 Å². The molecule has 0 aliphatic carbocycles. The number of imidazole rings is 1. The Kier molecular flexibility index (Phi) is 7.06. The van der Waals surface area contributed by atoms with E-state index in [9.17, 15) is 9.59 Å². The number of nitrogens with two attached hydrogens (primary N) is 1. The number of amides is 2. The van der Waals surface area contributed by atoms with Crippen LogP contribution < -0.4 is 16.0 Å². The van der Waals surface area contributed by atoms with Gasteiger partial charge >= 0.3 is 6.09 Å². The first-order valence-corrected chi connectivity index (χ1v) is 12.2. The molecule has 1 saturated heterocycles. The van der Waals surface area contributed by atoms with Gasteiger partial charge in [-0.15, -0.1) is 0 Å². The number of ether oxygens (including phenoxy) is 1. The molecule has 37 heavy (non-hydrogen) atoms. The molecular formula is C26H34N8O3. The minimum Gasteiger partial charge on any atom is -0.444 e. The molecule has 3 aromatic rings. The summed E-state index contributed by atoms with van der Waals surface area (Å²) >= 11 is 0. The van der Waals surface area contributed by atoms with Gasteiger partial charge in [-0.25, -0.2) is 14.8 Å². The molecule has 1 aliphatic rings. The van der Waals surface area contributed by atoms with Gasteiger partial charge in [0, 0.05) is 56.9 Å². The predicted molar refractivity (Wildman–Crippen MR) is 145 cm³/mol. The van der Waals surface area contributed by atoms with Gasteiger partial charge in [-0.05, 0) is 46.8 Å². The highest BCUT2D eigenvalue weighted by Crippen LogP contribution is 2.29. The number of aryl methyl sites for hydroxylation is 2. The second-order valence-corrected chi connectivity index (χ2v) is 10.1. The standard InChI is InChI=1S/C26H34N8O3/c1-16-14-34-15-21(30-17(2)23(34)29-16)31-24(35)18-7-8-20(19(13-28-6)22(18)27)32-9-11-33(12-10-32)25(36)37-26(3,4)5/h7-8,13-15H,9-12,27H2,1-6H3,(H,31,35). The number of carbonyl (C=O) groups excluding carboxylic acids is 2. The summed E-state index contributed by atoms with van der Waals surface area (Å²) in [4.78, 5) is 42.5. The van der Waals surface area contributed by atoms with Crippen LogP contribution in [0.4, 0.5) is 22.0 Å². The lowest BCUT2D eigenvalue weighted by atomic mass is 10.0. The Morgan fingerprint density at radius 1 is 1.11 bits per heavy atom. The molecule has 0 radical (unpaired) electrons. The quantitative estimate of drug-likeness (QED) is 0.410. The summed E-state index contributed by atoms with van der Waals surface area (Å²) in [6.07, 6.45) is 4.94. The third-order valence-electron chi connectivity index (χ3n) is 6.01. The van der Waals surface area contributed by atoms with Gasteiger partial charge in [0.2, 0.25) is 0 Å². The third-order valence-corrected chi connectivity index (χ3v) is 6.01. The van der Waals surface area contributed by atoms with Crippen molar-refractivity contribution in [2.24, 2.45) is 4.99 Å². The average molecular weight is 507 g/mol. The van der Waals surface area contributed by atoms with Crippen molar-refractivity contribution in [1.82, 2.24) is 19.3 Å². The molecule has 0 atom stereocenters. The number of aliphatic imine (C=N–C) groups is 1. The van der Waals surface area contributed by atoms with Crippen LogP contribution in [-0.2, 0) is 4.74 Å². The number of anilines is 3. The lowest BCUT2D eigenvalue weighted by molar-refractivity contribution is 0.0240. The molecule has 2 amide bonds. The predicted octanol–water partition coefficient (Wildman–Crippen LogP) is 3.29. The molecule has 11 nitrogen and oxygen atoms in total. The number of nitrogen functional groups attached to an aromatic ring is 1. The molecule has 0 spiro atoms. The van der Waals surface area contributed by atoms with Crippen molar-refractivity contribution >= 4 is 41.1 Å². The normalized spacial score (nSPS) is 14.4. The minimum absolute atomic E-state index is 0.318. The smallest absolute Gasteiger partial charge is 0.410 e. The van der Waals surface area contributed by atoms with E-state index in [1.807, 2.05) is 51.3 Å². The molecule has 4 rings (SSSR count). The number of carbonyl (C=O) groups is 2. The zero-order valence-electron chi connectivity index (χ0n) is 22.2. The molecule has 196 valence electrons. The molecule has 1 fully saturated rings. The van der Waals surface area contributed by atoms with E-state index < -0.39 is 5.60 Å². The van der Waals surface area contributed by atoms with E-state index in [1.165, 1.54) is 0 Å². The van der Waals surface area contributed by atoms with Gasteiger partial charge in [0.15, 0.2) is 5.65 Å². The van der Waals surface area contributed by atoms with Crippen molar-refractivity contribution in [1.29, 1.82) is 0 Å². The first kappa shape index (κ1) is 25.9. The SMILES string of the molecule is CN=Cc1c(N2CCN(C(=O)OC(C)(C)C)CC2)ccc(C(=O)Nc2cn3cc(C)nc3c(C)n2)c1N. The molecule has 1 aromatic carbocycles. The maximum atomic E-state index is 13.2. The van der Waals surface area contributed by atoms with E-state index in [-0.39, 0.29) is 12.0 Å². The zero-order chi connectivity index (χ0) is 26.9. The van der Waals surface area contributed by atoms with Gasteiger partial charge in [-0.3, -0.25) is 9.79 Å². The number of fused-ring (bicyclic) bond motifs is 1. The summed E-state index contributed by atoms with van der Waals surface area (Å²) < 4.78 is 7.33.